The maximum atomic E-state index is 11.2. The Balaban J connectivity index is 0.00000256. The first-order chi connectivity index (χ1) is 7.69. The van der Waals surface area contributed by atoms with Gasteiger partial charge in [-0.3, -0.25) is 4.79 Å². The summed E-state index contributed by atoms with van der Waals surface area (Å²) in [6.45, 7) is 7.44. The van der Waals surface area contributed by atoms with E-state index in [-0.39, 0.29) is 32.8 Å². The van der Waals surface area contributed by atoms with E-state index in [4.69, 9.17) is 5.11 Å². The molecule has 92 valence electrons. The van der Waals surface area contributed by atoms with Gasteiger partial charge in [-0.15, -0.1) is 5.92 Å². The molecule has 0 radical (unpaired) electrons. The summed E-state index contributed by atoms with van der Waals surface area (Å²) in [5.74, 6) is 0.00458. The molecule has 0 bridgehead atoms. The van der Waals surface area contributed by atoms with Crippen LogP contribution >= 0.6 is 0 Å². The van der Waals surface area contributed by atoms with Gasteiger partial charge in [-0.05, 0) is 0 Å². The quantitative estimate of drug-likeness (QED) is 0.587. The normalized spacial score (nSPS) is 11.7. The number of aliphatic hydroxyl groups is 1. The van der Waals surface area contributed by atoms with Gasteiger partial charge in [0, 0.05) is 5.56 Å². The number of Topliss-reactive ketones (excluding diaryl/α,β-unsaturated/α-hetero) is 1. The van der Waals surface area contributed by atoms with E-state index in [0.29, 0.717) is 5.56 Å². The molecule has 0 heterocycles. The predicted octanol–water partition coefficient (Wildman–Crippen LogP) is 2.78. The van der Waals surface area contributed by atoms with Gasteiger partial charge in [0.25, 0.3) is 0 Å². The maximum absolute atomic E-state index is 11.2. The zero-order chi connectivity index (χ0) is 12.0. The van der Waals surface area contributed by atoms with E-state index in [9.17, 15) is 4.79 Å². The molecule has 0 spiro atoms. The van der Waals surface area contributed by atoms with Crippen molar-refractivity contribution < 1.29 is 31.0 Å². The van der Waals surface area contributed by atoms with Crippen molar-refractivity contribution in [1.82, 2.24) is 0 Å². The summed E-state index contributed by atoms with van der Waals surface area (Å²) in [7, 11) is 0. The van der Waals surface area contributed by atoms with Crippen LogP contribution < -0.4 is 0 Å². The number of benzene rings is 1. The Morgan fingerprint density at radius 2 is 1.88 bits per heavy atom. The second kappa shape index (κ2) is 8.60. The average Bonchev–Trinajstić information content (AvgIpc) is 2.35. The second-order valence-corrected chi connectivity index (χ2v) is 3.90. The van der Waals surface area contributed by atoms with E-state index >= 15 is 0 Å². The largest absolute Gasteiger partial charge is 2.00 e. The van der Waals surface area contributed by atoms with Crippen LogP contribution in [-0.4, -0.2) is 17.5 Å². The SMILES string of the molecule is [CH2-]CCCC([CH2-])c1ccc(C(=O)CO)cc1.[W+2]. The standard InChI is InChI=1S/C14H18O2.W/c1-3-4-5-11(2)12-6-8-13(9-7-12)14(16)10-15;/h6-9,11,15H,1-5,10H2;/q-2;+2. The zero-order valence-electron chi connectivity index (χ0n) is 9.89. The van der Waals surface area contributed by atoms with Gasteiger partial charge >= 0.3 is 21.1 Å². The van der Waals surface area contributed by atoms with Crippen molar-refractivity contribution in [2.75, 3.05) is 6.61 Å². The molecule has 0 aliphatic carbocycles. The van der Waals surface area contributed by atoms with Crippen molar-refractivity contribution in [3.05, 3.63) is 49.2 Å². The third-order valence-electron chi connectivity index (χ3n) is 2.65. The van der Waals surface area contributed by atoms with E-state index in [1.54, 1.807) is 12.1 Å². The molecule has 0 aromatic heterocycles. The van der Waals surface area contributed by atoms with Crippen molar-refractivity contribution in [1.29, 1.82) is 0 Å². The van der Waals surface area contributed by atoms with Crippen LogP contribution in [0.3, 0.4) is 0 Å². The molecular weight excluding hydrogens is 384 g/mol. The Bertz CT molecular complexity index is 333. The summed E-state index contributed by atoms with van der Waals surface area (Å²) in [6, 6.07) is 7.31. The van der Waals surface area contributed by atoms with Crippen molar-refractivity contribution >= 4 is 5.78 Å². The minimum absolute atomic E-state index is 0. The van der Waals surface area contributed by atoms with Crippen molar-refractivity contribution in [2.45, 2.75) is 25.2 Å². The maximum Gasteiger partial charge on any atom is 2.00 e. The molecule has 1 unspecified atom stereocenters. The van der Waals surface area contributed by atoms with Crippen LogP contribution in [0.1, 0.15) is 41.1 Å². The number of ketones is 1. The van der Waals surface area contributed by atoms with Crippen molar-refractivity contribution in [3.63, 3.8) is 0 Å². The average molecular weight is 402 g/mol. The molecule has 1 aromatic rings. The van der Waals surface area contributed by atoms with Gasteiger partial charge in [-0.2, -0.15) is 6.42 Å². The summed E-state index contributed by atoms with van der Waals surface area (Å²) in [6.07, 6.45) is 3.00. The van der Waals surface area contributed by atoms with Gasteiger partial charge in [-0.1, -0.05) is 42.7 Å². The van der Waals surface area contributed by atoms with Crippen molar-refractivity contribution in [3.8, 4) is 0 Å². The monoisotopic (exact) mass is 402 g/mol. The van der Waals surface area contributed by atoms with Gasteiger partial charge in [0.05, 0.1) is 0 Å². The van der Waals surface area contributed by atoms with Crippen LogP contribution in [0.2, 0.25) is 0 Å². The van der Waals surface area contributed by atoms with Crippen LogP contribution in [-0.2, 0) is 21.1 Å². The first-order valence-corrected chi connectivity index (χ1v) is 5.55. The fourth-order valence-electron chi connectivity index (χ4n) is 1.59. The van der Waals surface area contributed by atoms with Crippen LogP contribution in [0, 0.1) is 13.8 Å². The smallest absolute Gasteiger partial charge is 0.388 e. The first-order valence-electron chi connectivity index (χ1n) is 5.55. The minimum atomic E-state index is -0.436. The van der Waals surface area contributed by atoms with Gasteiger partial charge in [0.2, 0.25) is 0 Å². The Hall–Kier alpha value is -0.462. The van der Waals surface area contributed by atoms with E-state index in [0.717, 1.165) is 24.8 Å². The van der Waals surface area contributed by atoms with Crippen LogP contribution in [0.15, 0.2) is 24.3 Å². The Kier molecular flexibility index (Phi) is 8.37. The van der Waals surface area contributed by atoms with E-state index in [1.165, 1.54) is 0 Å². The van der Waals surface area contributed by atoms with Crippen molar-refractivity contribution in [2.24, 2.45) is 0 Å². The molecule has 2 nitrogen and oxygen atoms in total. The molecule has 17 heavy (non-hydrogen) atoms. The van der Waals surface area contributed by atoms with Crippen LogP contribution in [0.5, 0.6) is 0 Å². The summed E-state index contributed by atoms with van der Waals surface area (Å²) in [4.78, 5) is 11.2. The summed E-state index contributed by atoms with van der Waals surface area (Å²) in [5.41, 5.74) is 1.68. The number of carbonyl (C=O) groups excluding carboxylic acids is 1. The summed E-state index contributed by atoms with van der Waals surface area (Å²) in [5, 5.41) is 8.71. The van der Waals surface area contributed by atoms with Gasteiger partial charge in [0.15, 0.2) is 5.78 Å². The Morgan fingerprint density at radius 3 is 2.35 bits per heavy atom. The third-order valence-corrected chi connectivity index (χ3v) is 2.65. The molecule has 0 aliphatic heterocycles. The number of unbranched alkanes of at least 4 members (excludes halogenated alkanes) is 1. The predicted molar refractivity (Wildman–Crippen MR) is 65.2 cm³/mol. The molecule has 0 amide bonds. The first kappa shape index (κ1) is 16.5. The summed E-state index contributed by atoms with van der Waals surface area (Å²) >= 11 is 0. The molecule has 0 saturated carbocycles. The third kappa shape index (κ3) is 5.14. The minimum Gasteiger partial charge on any atom is -0.388 e. The molecule has 0 fully saturated rings. The molecule has 1 aromatic carbocycles. The molecular formula is C14H18O2W. The Labute approximate surface area is 118 Å². The number of hydrogen-bond acceptors (Lipinski definition) is 2. The van der Waals surface area contributed by atoms with E-state index in [1.807, 2.05) is 12.1 Å². The topological polar surface area (TPSA) is 37.3 Å². The van der Waals surface area contributed by atoms with Gasteiger partial charge in [-0.25, -0.2) is 0 Å². The second-order valence-electron chi connectivity index (χ2n) is 3.90. The fraction of sp³-hybridized carbons (Fsp3) is 0.357. The summed E-state index contributed by atoms with van der Waals surface area (Å²) < 4.78 is 0. The van der Waals surface area contributed by atoms with Crippen LogP contribution in [0.25, 0.3) is 0 Å². The number of hydrogen-bond donors (Lipinski definition) is 1. The number of aliphatic hydroxyl groups excluding tert-OH is 1. The molecule has 1 rings (SSSR count). The van der Waals surface area contributed by atoms with Gasteiger partial charge in [0.1, 0.15) is 6.61 Å². The zero-order valence-corrected chi connectivity index (χ0v) is 12.8. The molecule has 3 heteroatoms. The van der Waals surface area contributed by atoms with Gasteiger partial charge < -0.3 is 19.0 Å². The Morgan fingerprint density at radius 1 is 1.29 bits per heavy atom. The molecule has 1 N–H and O–H groups in total. The molecule has 0 aliphatic rings. The fourth-order valence-corrected chi connectivity index (χ4v) is 1.59. The van der Waals surface area contributed by atoms with E-state index in [2.05, 4.69) is 13.8 Å². The number of carbonyl (C=O) groups is 1. The van der Waals surface area contributed by atoms with Crippen LogP contribution in [0.4, 0.5) is 0 Å². The number of rotatable bonds is 6. The molecule has 1 atom stereocenters. The van der Waals surface area contributed by atoms with E-state index < -0.39 is 6.61 Å². The molecule has 0 saturated heterocycles.